The van der Waals surface area contributed by atoms with Crippen LogP contribution in [0.4, 0.5) is 0 Å². The third-order valence-electron chi connectivity index (χ3n) is 3.24. The fraction of sp³-hybridized carbons (Fsp3) is 0.462. The molecule has 1 aromatic carbocycles. The Morgan fingerprint density at radius 1 is 1.39 bits per heavy atom. The molecular weight excluding hydrogens is 318 g/mol. The largest absolute Gasteiger partial charge is 0.388 e. The minimum Gasteiger partial charge on any atom is -0.388 e. The lowest BCUT2D eigenvalue weighted by molar-refractivity contribution is 0.0449. The van der Waals surface area contributed by atoms with Gasteiger partial charge in [0.1, 0.15) is 0 Å². The summed E-state index contributed by atoms with van der Waals surface area (Å²) in [5, 5.41) is 13.4. The van der Waals surface area contributed by atoms with E-state index in [4.69, 9.17) is 11.6 Å². The lowest BCUT2D eigenvalue weighted by atomic mass is 10.0. The normalized spacial score (nSPS) is 17.7. The summed E-state index contributed by atoms with van der Waals surface area (Å²) in [6.07, 6.45) is 3.56. The van der Waals surface area contributed by atoms with Crippen LogP contribution in [0.3, 0.4) is 0 Å². The zero-order chi connectivity index (χ0) is 13.2. The van der Waals surface area contributed by atoms with E-state index in [1.54, 1.807) is 18.2 Å². The van der Waals surface area contributed by atoms with Crippen LogP contribution in [-0.4, -0.2) is 23.2 Å². The van der Waals surface area contributed by atoms with Crippen molar-refractivity contribution < 1.29 is 9.90 Å². The molecule has 1 aliphatic rings. The highest BCUT2D eigenvalue weighted by Crippen LogP contribution is 2.28. The van der Waals surface area contributed by atoms with Gasteiger partial charge in [-0.1, -0.05) is 40.4 Å². The van der Waals surface area contributed by atoms with Crippen LogP contribution >= 0.6 is 27.5 Å². The molecule has 0 radical (unpaired) electrons. The Morgan fingerprint density at radius 2 is 2.06 bits per heavy atom. The molecule has 1 fully saturated rings. The first-order chi connectivity index (χ1) is 8.48. The summed E-state index contributed by atoms with van der Waals surface area (Å²) < 4.78 is 0.764. The van der Waals surface area contributed by atoms with E-state index in [0.717, 1.165) is 30.2 Å². The van der Waals surface area contributed by atoms with Crippen molar-refractivity contribution >= 4 is 33.4 Å². The zero-order valence-corrected chi connectivity index (χ0v) is 12.2. The van der Waals surface area contributed by atoms with Crippen molar-refractivity contribution in [3.8, 4) is 0 Å². The van der Waals surface area contributed by atoms with Crippen LogP contribution in [0.25, 0.3) is 0 Å². The second kappa shape index (κ2) is 5.59. The van der Waals surface area contributed by atoms with Crippen molar-refractivity contribution in [2.75, 3.05) is 6.54 Å². The smallest absolute Gasteiger partial charge is 0.251 e. The maximum Gasteiger partial charge on any atom is 0.251 e. The first-order valence-corrected chi connectivity index (χ1v) is 7.12. The van der Waals surface area contributed by atoms with E-state index in [1.165, 1.54) is 0 Å². The second-order valence-electron chi connectivity index (χ2n) is 4.77. The molecule has 3 nitrogen and oxygen atoms in total. The van der Waals surface area contributed by atoms with E-state index in [2.05, 4.69) is 21.2 Å². The molecule has 1 aromatic rings. The van der Waals surface area contributed by atoms with Gasteiger partial charge < -0.3 is 10.4 Å². The average Bonchev–Trinajstić information content (AvgIpc) is 2.72. The molecule has 0 atom stereocenters. The van der Waals surface area contributed by atoms with E-state index in [-0.39, 0.29) is 5.91 Å². The number of benzene rings is 1. The standard InChI is InChI=1S/C13H15BrClNO2/c14-10-5-9(6-11(15)7-10)12(17)16-8-13(18)3-1-2-4-13/h5-7,18H,1-4,8H2,(H,16,17). The van der Waals surface area contributed by atoms with Crippen LogP contribution in [0.2, 0.25) is 5.02 Å². The highest BCUT2D eigenvalue weighted by Gasteiger charge is 2.31. The zero-order valence-electron chi connectivity index (χ0n) is 9.88. The monoisotopic (exact) mass is 331 g/mol. The molecule has 98 valence electrons. The third-order valence-corrected chi connectivity index (χ3v) is 3.91. The van der Waals surface area contributed by atoms with E-state index in [9.17, 15) is 9.90 Å². The van der Waals surface area contributed by atoms with E-state index >= 15 is 0 Å². The maximum absolute atomic E-state index is 11.9. The quantitative estimate of drug-likeness (QED) is 0.893. The number of rotatable bonds is 3. The number of aliphatic hydroxyl groups is 1. The first kappa shape index (κ1) is 13.8. The molecule has 0 heterocycles. The molecule has 1 aliphatic carbocycles. The highest BCUT2D eigenvalue weighted by molar-refractivity contribution is 9.10. The van der Waals surface area contributed by atoms with Gasteiger partial charge in [-0.25, -0.2) is 0 Å². The summed E-state index contributed by atoms with van der Waals surface area (Å²) in [5.74, 6) is -0.210. The van der Waals surface area contributed by atoms with Gasteiger partial charge in [0.25, 0.3) is 5.91 Å². The van der Waals surface area contributed by atoms with Crippen molar-refractivity contribution in [2.24, 2.45) is 0 Å². The van der Waals surface area contributed by atoms with Crippen LogP contribution in [0.15, 0.2) is 22.7 Å². The Kier molecular flexibility index (Phi) is 4.30. The number of carbonyl (C=O) groups is 1. The number of amides is 1. The summed E-state index contributed by atoms with van der Waals surface area (Å²) in [6.45, 7) is 0.302. The highest BCUT2D eigenvalue weighted by atomic mass is 79.9. The molecule has 2 N–H and O–H groups in total. The van der Waals surface area contributed by atoms with Crippen LogP contribution in [0.1, 0.15) is 36.0 Å². The molecule has 5 heteroatoms. The Bertz CT molecular complexity index is 438. The predicted octanol–water partition coefficient (Wildman–Crippen LogP) is 3.14. The van der Waals surface area contributed by atoms with Crippen LogP contribution in [0.5, 0.6) is 0 Å². The summed E-state index contributed by atoms with van der Waals surface area (Å²) >= 11 is 9.18. The number of hydrogen-bond donors (Lipinski definition) is 2. The van der Waals surface area contributed by atoms with Crippen molar-refractivity contribution in [2.45, 2.75) is 31.3 Å². The van der Waals surface area contributed by atoms with Gasteiger partial charge in [0.05, 0.1) is 5.60 Å². The van der Waals surface area contributed by atoms with Gasteiger partial charge >= 0.3 is 0 Å². The summed E-state index contributed by atoms with van der Waals surface area (Å²) in [5.41, 5.74) is -0.234. The van der Waals surface area contributed by atoms with Crippen molar-refractivity contribution in [3.63, 3.8) is 0 Å². The number of hydrogen-bond acceptors (Lipinski definition) is 2. The van der Waals surface area contributed by atoms with Gasteiger partial charge in [-0.2, -0.15) is 0 Å². The Labute approximate surface area is 120 Å². The molecule has 0 unspecified atom stereocenters. The molecule has 0 aromatic heterocycles. The summed E-state index contributed by atoms with van der Waals surface area (Å²) in [7, 11) is 0. The number of carbonyl (C=O) groups excluding carboxylic acids is 1. The molecule has 0 aliphatic heterocycles. The van der Waals surface area contributed by atoms with Crippen LogP contribution in [-0.2, 0) is 0 Å². The van der Waals surface area contributed by atoms with E-state index in [0.29, 0.717) is 17.1 Å². The Hall–Kier alpha value is -0.580. The second-order valence-corrected chi connectivity index (χ2v) is 6.12. The molecular formula is C13H15BrClNO2. The minimum atomic E-state index is -0.731. The van der Waals surface area contributed by atoms with Crippen molar-refractivity contribution in [3.05, 3.63) is 33.3 Å². The van der Waals surface area contributed by atoms with Gasteiger partial charge in [0.2, 0.25) is 0 Å². The van der Waals surface area contributed by atoms with Gasteiger partial charge in [-0.3, -0.25) is 4.79 Å². The van der Waals surface area contributed by atoms with Gasteiger partial charge in [-0.05, 0) is 31.0 Å². The SMILES string of the molecule is O=C(NCC1(O)CCCC1)c1cc(Cl)cc(Br)c1. The predicted molar refractivity (Wildman–Crippen MR) is 74.9 cm³/mol. The van der Waals surface area contributed by atoms with Gasteiger partial charge in [-0.15, -0.1) is 0 Å². The average molecular weight is 333 g/mol. The molecule has 1 saturated carbocycles. The van der Waals surface area contributed by atoms with Crippen LogP contribution in [0, 0.1) is 0 Å². The number of nitrogens with one attached hydrogen (secondary N) is 1. The van der Waals surface area contributed by atoms with Crippen molar-refractivity contribution in [1.82, 2.24) is 5.32 Å². The first-order valence-electron chi connectivity index (χ1n) is 5.95. The molecule has 0 bridgehead atoms. The molecule has 0 saturated heterocycles. The molecule has 1 amide bonds. The topological polar surface area (TPSA) is 49.3 Å². The molecule has 18 heavy (non-hydrogen) atoms. The fourth-order valence-corrected chi connectivity index (χ4v) is 3.10. The van der Waals surface area contributed by atoms with Gasteiger partial charge in [0, 0.05) is 21.6 Å². The molecule has 2 rings (SSSR count). The summed E-state index contributed by atoms with van der Waals surface area (Å²) in [4.78, 5) is 11.9. The van der Waals surface area contributed by atoms with E-state index < -0.39 is 5.60 Å². The lowest BCUT2D eigenvalue weighted by Gasteiger charge is -2.22. The Balaban J connectivity index is 1.99. The minimum absolute atomic E-state index is 0.210. The van der Waals surface area contributed by atoms with Crippen molar-refractivity contribution in [1.29, 1.82) is 0 Å². The maximum atomic E-state index is 11.9. The van der Waals surface area contributed by atoms with E-state index in [1.807, 2.05) is 0 Å². The molecule has 0 spiro atoms. The summed E-state index contributed by atoms with van der Waals surface area (Å²) in [6, 6.07) is 5.04. The Morgan fingerprint density at radius 3 is 2.67 bits per heavy atom. The fourth-order valence-electron chi connectivity index (χ4n) is 2.24. The third kappa shape index (κ3) is 3.46. The lowest BCUT2D eigenvalue weighted by Crippen LogP contribution is -2.40. The van der Waals surface area contributed by atoms with Gasteiger partial charge in [0.15, 0.2) is 0 Å². The van der Waals surface area contributed by atoms with Crippen LogP contribution < -0.4 is 5.32 Å². The number of halogens is 2.